The van der Waals surface area contributed by atoms with Gasteiger partial charge in [0.05, 0.1) is 41.0 Å². The molecule has 0 bridgehead atoms. The van der Waals surface area contributed by atoms with E-state index in [1.807, 2.05) is 6.08 Å². The zero-order chi connectivity index (χ0) is 28.7. The number of ether oxygens (including phenoxy) is 1. The molecule has 6 atom stereocenters. The zero-order valence-corrected chi connectivity index (χ0v) is 22.2. The highest BCUT2D eigenvalue weighted by Crippen LogP contribution is 2.63. The number of imide groups is 4. The molecule has 6 rings (SSSR count). The number of allylic oxidation sites excluding steroid dienone is 2. The molecule has 2 aliphatic heterocycles. The molecule has 3 fully saturated rings. The Morgan fingerprint density at radius 3 is 2.50 bits per heavy atom. The topological polar surface area (TPSA) is 121 Å². The van der Waals surface area contributed by atoms with Crippen molar-refractivity contribution in [1.29, 1.82) is 0 Å². The molecule has 2 aliphatic carbocycles. The molecule has 2 heterocycles. The van der Waals surface area contributed by atoms with Crippen LogP contribution in [-0.4, -0.2) is 46.8 Å². The molecule has 11 heteroatoms. The molecule has 5 amide bonds. The van der Waals surface area contributed by atoms with Gasteiger partial charge in [0.25, 0.3) is 0 Å². The fraction of sp³-hybridized carbons (Fsp3) is 0.345. The summed E-state index contributed by atoms with van der Waals surface area (Å²) in [5, 5.41) is 10.1. The van der Waals surface area contributed by atoms with Crippen molar-refractivity contribution < 1.29 is 38.2 Å². The average molecular weight is 567 g/mol. The number of carbonyl (C=O) groups excluding carboxylic acids is 5. The maximum atomic E-state index is 14.2. The number of halogens is 2. The largest absolute Gasteiger partial charge is 0.508 e. The quantitative estimate of drug-likeness (QED) is 0.427. The molecule has 2 aromatic rings. The smallest absolute Gasteiger partial charge is 0.423 e. The number of phenolic OH excluding ortho intramolecular Hbond substituents is 1. The van der Waals surface area contributed by atoms with E-state index >= 15 is 0 Å². The average Bonchev–Trinajstić information content (AvgIpc) is 3.29. The van der Waals surface area contributed by atoms with Crippen LogP contribution in [0.5, 0.6) is 5.75 Å². The molecule has 9 nitrogen and oxygen atoms in total. The lowest BCUT2D eigenvalue weighted by Gasteiger charge is -2.49. The third kappa shape index (κ3) is 3.41. The van der Waals surface area contributed by atoms with Crippen LogP contribution in [0, 0.1) is 34.9 Å². The molecule has 40 heavy (non-hydrogen) atoms. The van der Waals surface area contributed by atoms with E-state index in [1.165, 1.54) is 24.3 Å². The van der Waals surface area contributed by atoms with Crippen LogP contribution < -0.4 is 4.90 Å². The number of fused-ring (bicyclic) bond motifs is 4. The molecular weight excluding hydrogens is 543 g/mol. The van der Waals surface area contributed by atoms with E-state index in [0.717, 1.165) is 18.1 Å². The van der Waals surface area contributed by atoms with Crippen LogP contribution >= 0.6 is 11.6 Å². The predicted octanol–water partition coefficient (Wildman–Crippen LogP) is 4.18. The minimum absolute atomic E-state index is 0.0445. The number of amides is 5. The molecule has 2 aromatic carbocycles. The van der Waals surface area contributed by atoms with E-state index in [0.29, 0.717) is 16.0 Å². The fourth-order valence-electron chi connectivity index (χ4n) is 7.24. The summed E-state index contributed by atoms with van der Waals surface area (Å²) in [5.74, 6) is -7.20. The number of likely N-dealkylation sites (tertiary alicyclic amines) is 1. The highest BCUT2D eigenvalue weighted by Gasteiger charge is 2.68. The molecule has 1 saturated carbocycles. The summed E-state index contributed by atoms with van der Waals surface area (Å²) >= 11 is 5.99. The molecule has 0 spiro atoms. The minimum atomic E-state index is -1.34. The van der Waals surface area contributed by atoms with E-state index in [1.54, 1.807) is 19.1 Å². The summed E-state index contributed by atoms with van der Waals surface area (Å²) in [6.07, 6.45) is 0.985. The maximum absolute atomic E-state index is 14.2. The van der Waals surface area contributed by atoms with Gasteiger partial charge < -0.3 is 9.84 Å². The first-order valence-corrected chi connectivity index (χ1v) is 13.2. The Morgan fingerprint density at radius 2 is 1.82 bits per heavy atom. The van der Waals surface area contributed by atoms with Gasteiger partial charge in [-0.2, -0.15) is 4.90 Å². The van der Waals surface area contributed by atoms with Crippen molar-refractivity contribution >= 4 is 47.0 Å². The van der Waals surface area contributed by atoms with Crippen molar-refractivity contribution in [3.63, 3.8) is 0 Å². The molecule has 206 valence electrons. The van der Waals surface area contributed by atoms with E-state index in [-0.39, 0.29) is 29.3 Å². The normalized spacial score (nSPS) is 31.1. The van der Waals surface area contributed by atoms with Crippen molar-refractivity contribution in [3.8, 4) is 5.75 Å². The van der Waals surface area contributed by atoms with Gasteiger partial charge in [0, 0.05) is 5.92 Å². The third-order valence-electron chi connectivity index (χ3n) is 9.00. The van der Waals surface area contributed by atoms with Crippen LogP contribution in [0.4, 0.5) is 14.9 Å². The van der Waals surface area contributed by atoms with Crippen LogP contribution in [0.3, 0.4) is 0 Å². The standard InChI is InChI=1S/C29H24ClFN2O7/c1-29-19(25(36)32(27(29)38)14-6-9-21(31)20(30)11-14)12-18-16(23(29)13-4-3-5-15(34)10-13)7-8-17-22(18)26(37)33(24(17)35)28(39)40-2/h3-7,9-11,17-19,22-23,34H,8,12H2,1-2H3/t17-,18+,19-,22-,23-,29+/m0/s1. The summed E-state index contributed by atoms with van der Waals surface area (Å²) in [5.41, 5.74) is 0.0296. The first-order chi connectivity index (χ1) is 19.0. The molecule has 0 radical (unpaired) electrons. The van der Waals surface area contributed by atoms with Gasteiger partial charge in [0.2, 0.25) is 23.6 Å². The minimum Gasteiger partial charge on any atom is -0.508 e. The molecule has 0 aromatic heterocycles. The molecule has 0 unspecified atom stereocenters. The summed E-state index contributed by atoms with van der Waals surface area (Å²) in [6, 6.07) is 9.95. The van der Waals surface area contributed by atoms with Crippen molar-refractivity contribution in [1.82, 2.24) is 4.90 Å². The van der Waals surface area contributed by atoms with E-state index < -0.39 is 70.5 Å². The maximum Gasteiger partial charge on any atom is 0.423 e. The summed E-state index contributed by atoms with van der Waals surface area (Å²) in [4.78, 5) is 68.7. The molecule has 4 aliphatic rings. The number of hydrogen-bond acceptors (Lipinski definition) is 7. The first-order valence-electron chi connectivity index (χ1n) is 12.8. The summed E-state index contributed by atoms with van der Waals surface area (Å²) < 4.78 is 18.6. The van der Waals surface area contributed by atoms with Crippen molar-refractivity contribution in [2.75, 3.05) is 12.0 Å². The van der Waals surface area contributed by atoms with Crippen LogP contribution in [0.2, 0.25) is 5.02 Å². The zero-order valence-electron chi connectivity index (χ0n) is 21.5. The van der Waals surface area contributed by atoms with Crippen LogP contribution in [0.15, 0.2) is 54.1 Å². The Hall–Kier alpha value is -4.05. The molecule has 2 saturated heterocycles. The molecule has 1 N–H and O–H groups in total. The number of carbonyl (C=O) groups is 5. The van der Waals surface area contributed by atoms with Crippen molar-refractivity contribution in [3.05, 3.63) is 70.5 Å². The number of nitrogens with zero attached hydrogens (tertiary/aromatic N) is 2. The van der Waals surface area contributed by atoms with Gasteiger partial charge in [-0.05, 0) is 61.6 Å². The lowest BCUT2D eigenvalue weighted by molar-refractivity contribution is -0.138. The van der Waals surface area contributed by atoms with Crippen molar-refractivity contribution in [2.45, 2.75) is 25.7 Å². The predicted molar refractivity (Wildman–Crippen MR) is 138 cm³/mol. The van der Waals surface area contributed by atoms with E-state index in [4.69, 9.17) is 11.6 Å². The van der Waals surface area contributed by atoms with Gasteiger partial charge in [-0.25, -0.2) is 14.1 Å². The van der Waals surface area contributed by atoms with Gasteiger partial charge in [-0.1, -0.05) is 35.4 Å². The van der Waals surface area contributed by atoms with Gasteiger partial charge in [0.1, 0.15) is 11.6 Å². The number of aromatic hydroxyl groups is 1. The van der Waals surface area contributed by atoms with E-state index in [9.17, 15) is 33.5 Å². The van der Waals surface area contributed by atoms with E-state index in [2.05, 4.69) is 4.74 Å². The number of anilines is 1. The number of hydrogen-bond donors (Lipinski definition) is 1. The number of rotatable bonds is 2. The van der Waals surface area contributed by atoms with Crippen LogP contribution in [0.1, 0.15) is 31.2 Å². The highest BCUT2D eigenvalue weighted by molar-refractivity contribution is 6.31. The van der Waals surface area contributed by atoms with Crippen LogP contribution in [-0.2, 0) is 23.9 Å². The number of methoxy groups -OCH3 is 1. The summed E-state index contributed by atoms with van der Waals surface area (Å²) in [6.45, 7) is 1.68. The van der Waals surface area contributed by atoms with Gasteiger partial charge in [-0.3, -0.25) is 19.2 Å². The third-order valence-corrected chi connectivity index (χ3v) is 9.29. The SMILES string of the molecule is COC(=O)N1C(=O)[C@H]2[C@H](CC=C3[C@H]2C[C@H]2C(=O)N(c4ccc(F)c(Cl)c4)C(=O)[C@@]2(C)[C@H]3c2cccc(O)c2)C1=O. The summed E-state index contributed by atoms with van der Waals surface area (Å²) in [7, 11) is 1.08. The van der Waals surface area contributed by atoms with Crippen molar-refractivity contribution in [2.24, 2.45) is 29.1 Å². The Labute approximate surface area is 233 Å². The van der Waals surface area contributed by atoms with Gasteiger partial charge in [0.15, 0.2) is 0 Å². The van der Waals surface area contributed by atoms with Gasteiger partial charge >= 0.3 is 6.09 Å². The lowest BCUT2D eigenvalue weighted by atomic mass is 9.51. The van der Waals surface area contributed by atoms with Crippen LogP contribution in [0.25, 0.3) is 0 Å². The Morgan fingerprint density at radius 1 is 1.07 bits per heavy atom. The monoisotopic (exact) mass is 566 g/mol. The Bertz CT molecular complexity index is 1560. The van der Waals surface area contributed by atoms with Gasteiger partial charge in [-0.15, -0.1) is 0 Å². The second kappa shape index (κ2) is 8.99. The molecular formula is C29H24ClFN2O7. The second-order valence-corrected chi connectivity index (χ2v) is 11.2. The fourth-order valence-corrected chi connectivity index (χ4v) is 7.42. The number of benzene rings is 2. The first kappa shape index (κ1) is 26.2. The number of phenols is 1. The second-order valence-electron chi connectivity index (χ2n) is 10.8. The highest BCUT2D eigenvalue weighted by atomic mass is 35.5. The lowest BCUT2D eigenvalue weighted by Crippen LogP contribution is -2.49. The Kier molecular flexibility index (Phi) is 5.88. The Balaban J connectivity index is 1.51.